The van der Waals surface area contributed by atoms with Crippen LogP contribution in [0.1, 0.15) is 5.56 Å². The average molecular weight is 252 g/mol. The van der Waals surface area contributed by atoms with Crippen LogP contribution in [0.15, 0.2) is 36.5 Å². The molecule has 4 heteroatoms. The number of nitrogens with zero attached hydrogens (tertiary/aromatic N) is 3. The van der Waals surface area contributed by atoms with Crippen LogP contribution in [-0.4, -0.2) is 35.6 Å². The zero-order chi connectivity index (χ0) is 13.1. The van der Waals surface area contributed by atoms with Crippen molar-refractivity contribution in [2.45, 2.75) is 12.6 Å². The number of hydrogen-bond donors (Lipinski definition) is 1. The maximum Gasteiger partial charge on any atom is 0.111 e. The summed E-state index contributed by atoms with van der Waals surface area (Å²) in [5, 5.41) is 13.6. The molecule has 0 amide bonds. The minimum Gasteiger partial charge on any atom is -0.313 e. The topological polar surface area (TPSA) is 52.0 Å². The molecule has 96 valence electrons. The van der Waals surface area contributed by atoms with Gasteiger partial charge in [0.05, 0.1) is 11.6 Å². The van der Waals surface area contributed by atoms with E-state index in [1.807, 2.05) is 12.3 Å². The first-order chi connectivity index (χ1) is 9.38. The number of piperazine rings is 1. The van der Waals surface area contributed by atoms with Crippen LogP contribution < -0.4 is 5.32 Å². The number of benzene rings is 1. The normalized spacial score (nSPS) is 20.3. The van der Waals surface area contributed by atoms with Crippen molar-refractivity contribution in [2.75, 3.05) is 19.6 Å². The quantitative estimate of drug-likeness (QED) is 0.880. The monoisotopic (exact) mass is 252 g/mol. The fraction of sp³-hybridized carbons (Fsp3) is 0.333. The molecule has 1 saturated heterocycles. The third-order valence-electron chi connectivity index (χ3n) is 3.59. The van der Waals surface area contributed by atoms with E-state index in [1.54, 1.807) is 0 Å². The summed E-state index contributed by atoms with van der Waals surface area (Å²) in [4.78, 5) is 6.69. The van der Waals surface area contributed by atoms with Crippen molar-refractivity contribution in [3.05, 3.63) is 42.1 Å². The Morgan fingerprint density at radius 1 is 1.37 bits per heavy atom. The van der Waals surface area contributed by atoms with Gasteiger partial charge in [-0.05, 0) is 11.6 Å². The van der Waals surface area contributed by atoms with Gasteiger partial charge in [0.25, 0.3) is 0 Å². The molecule has 1 atom stereocenters. The maximum absolute atomic E-state index is 9.21. The van der Waals surface area contributed by atoms with Crippen LogP contribution in [-0.2, 0) is 6.54 Å². The fourth-order valence-electron chi connectivity index (χ4n) is 2.58. The Balaban J connectivity index is 1.91. The molecule has 19 heavy (non-hydrogen) atoms. The summed E-state index contributed by atoms with van der Waals surface area (Å²) in [5.41, 5.74) is 2.24. The molecule has 1 fully saturated rings. The van der Waals surface area contributed by atoms with Gasteiger partial charge in [0.1, 0.15) is 6.04 Å². The first kappa shape index (κ1) is 12.1. The van der Waals surface area contributed by atoms with Gasteiger partial charge in [0.2, 0.25) is 0 Å². The van der Waals surface area contributed by atoms with Gasteiger partial charge in [-0.3, -0.25) is 9.88 Å². The largest absolute Gasteiger partial charge is 0.313 e. The van der Waals surface area contributed by atoms with E-state index in [0.717, 1.165) is 37.1 Å². The predicted molar refractivity (Wildman–Crippen MR) is 74.4 cm³/mol. The van der Waals surface area contributed by atoms with Crippen LogP contribution in [0.2, 0.25) is 0 Å². The Morgan fingerprint density at radius 3 is 3.16 bits per heavy atom. The Morgan fingerprint density at radius 2 is 2.26 bits per heavy atom. The molecule has 0 spiro atoms. The van der Waals surface area contributed by atoms with Crippen molar-refractivity contribution in [2.24, 2.45) is 0 Å². The zero-order valence-corrected chi connectivity index (χ0v) is 10.7. The molecular formula is C15H16N4. The summed E-state index contributed by atoms with van der Waals surface area (Å²) in [6.07, 6.45) is 1.82. The van der Waals surface area contributed by atoms with Gasteiger partial charge >= 0.3 is 0 Å². The second kappa shape index (κ2) is 5.35. The van der Waals surface area contributed by atoms with Crippen LogP contribution in [0, 0.1) is 11.3 Å². The lowest BCUT2D eigenvalue weighted by molar-refractivity contribution is 0.190. The molecule has 1 aromatic carbocycles. The summed E-state index contributed by atoms with van der Waals surface area (Å²) in [5.74, 6) is 0. The van der Waals surface area contributed by atoms with Crippen molar-refractivity contribution in [3.8, 4) is 6.07 Å². The van der Waals surface area contributed by atoms with Crippen LogP contribution in [0.5, 0.6) is 0 Å². The van der Waals surface area contributed by atoms with Crippen LogP contribution in [0.4, 0.5) is 0 Å². The number of pyridine rings is 1. The highest BCUT2D eigenvalue weighted by Gasteiger charge is 2.22. The highest BCUT2D eigenvalue weighted by Crippen LogP contribution is 2.19. The minimum absolute atomic E-state index is 0.0484. The molecule has 1 unspecified atom stereocenters. The average Bonchev–Trinajstić information content (AvgIpc) is 2.48. The number of fused-ring (bicyclic) bond motifs is 1. The molecule has 0 aliphatic carbocycles. The van der Waals surface area contributed by atoms with Crippen molar-refractivity contribution < 1.29 is 0 Å². The van der Waals surface area contributed by atoms with Gasteiger partial charge in [0, 0.05) is 37.8 Å². The first-order valence-electron chi connectivity index (χ1n) is 6.55. The lowest BCUT2D eigenvalue weighted by atomic mass is 10.1. The van der Waals surface area contributed by atoms with E-state index in [1.165, 1.54) is 5.56 Å². The maximum atomic E-state index is 9.21. The van der Waals surface area contributed by atoms with Gasteiger partial charge in [-0.2, -0.15) is 5.26 Å². The lowest BCUT2D eigenvalue weighted by Crippen LogP contribution is -2.50. The van der Waals surface area contributed by atoms with Crippen molar-refractivity contribution in [1.29, 1.82) is 5.26 Å². The summed E-state index contributed by atoms with van der Waals surface area (Å²) < 4.78 is 0. The zero-order valence-electron chi connectivity index (χ0n) is 10.7. The summed E-state index contributed by atoms with van der Waals surface area (Å²) in [6, 6.07) is 12.6. The smallest absolute Gasteiger partial charge is 0.111 e. The van der Waals surface area contributed by atoms with Gasteiger partial charge in [-0.1, -0.05) is 24.3 Å². The second-order valence-electron chi connectivity index (χ2n) is 4.81. The molecule has 1 aliphatic rings. The van der Waals surface area contributed by atoms with E-state index in [2.05, 4.69) is 45.5 Å². The summed E-state index contributed by atoms with van der Waals surface area (Å²) >= 11 is 0. The van der Waals surface area contributed by atoms with Gasteiger partial charge in [0.15, 0.2) is 0 Å². The molecule has 0 radical (unpaired) electrons. The summed E-state index contributed by atoms with van der Waals surface area (Å²) in [6.45, 7) is 3.38. The molecule has 1 aliphatic heterocycles. The highest BCUT2D eigenvalue weighted by molar-refractivity contribution is 5.81. The molecule has 0 saturated carbocycles. The Kier molecular flexibility index (Phi) is 3.41. The van der Waals surface area contributed by atoms with Crippen LogP contribution in [0.3, 0.4) is 0 Å². The van der Waals surface area contributed by atoms with Crippen LogP contribution >= 0.6 is 0 Å². The molecule has 2 aromatic rings. The SMILES string of the molecule is N#CC1CNCCN1Cc1cccc2cccnc12. The third-order valence-corrected chi connectivity index (χ3v) is 3.59. The Bertz CT molecular complexity index is 612. The van der Waals surface area contributed by atoms with Crippen molar-refractivity contribution in [3.63, 3.8) is 0 Å². The number of nitriles is 1. The lowest BCUT2D eigenvalue weighted by Gasteiger charge is -2.32. The highest BCUT2D eigenvalue weighted by atomic mass is 15.2. The van der Waals surface area contributed by atoms with Gasteiger partial charge < -0.3 is 5.32 Å². The molecule has 0 bridgehead atoms. The van der Waals surface area contributed by atoms with Gasteiger partial charge in [-0.15, -0.1) is 0 Å². The van der Waals surface area contributed by atoms with E-state index >= 15 is 0 Å². The molecular weight excluding hydrogens is 236 g/mol. The standard InChI is InChI=1S/C15H16N4/c16-9-14-10-17-7-8-19(14)11-13-4-1-3-12-5-2-6-18-15(12)13/h1-6,14,17H,7-8,10-11H2. The van der Waals surface area contributed by atoms with Crippen LogP contribution in [0.25, 0.3) is 10.9 Å². The second-order valence-corrected chi connectivity index (χ2v) is 4.81. The molecule has 1 N–H and O–H groups in total. The van der Waals surface area contributed by atoms with E-state index in [4.69, 9.17) is 0 Å². The fourth-order valence-corrected chi connectivity index (χ4v) is 2.58. The van der Waals surface area contributed by atoms with E-state index in [9.17, 15) is 5.26 Å². The van der Waals surface area contributed by atoms with Gasteiger partial charge in [-0.25, -0.2) is 0 Å². The number of hydrogen-bond acceptors (Lipinski definition) is 4. The number of aromatic nitrogens is 1. The number of para-hydroxylation sites is 1. The first-order valence-corrected chi connectivity index (χ1v) is 6.55. The molecule has 3 rings (SSSR count). The minimum atomic E-state index is -0.0484. The third kappa shape index (κ3) is 2.43. The molecule has 1 aromatic heterocycles. The van der Waals surface area contributed by atoms with Crippen molar-refractivity contribution in [1.82, 2.24) is 15.2 Å². The molecule has 4 nitrogen and oxygen atoms in total. The van der Waals surface area contributed by atoms with Crippen molar-refractivity contribution >= 4 is 10.9 Å². The van der Waals surface area contributed by atoms with E-state index in [0.29, 0.717) is 0 Å². The number of nitrogens with one attached hydrogen (secondary N) is 1. The number of rotatable bonds is 2. The molecule has 2 heterocycles. The van der Waals surface area contributed by atoms with E-state index < -0.39 is 0 Å². The van der Waals surface area contributed by atoms with E-state index in [-0.39, 0.29) is 6.04 Å². The summed E-state index contributed by atoms with van der Waals surface area (Å²) in [7, 11) is 0. The predicted octanol–water partition coefficient (Wildman–Crippen LogP) is 1.53. The Hall–Kier alpha value is -1.96. The Labute approximate surface area is 112 Å².